The van der Waals surface area contributed by atoms with Gasteiger partial charge in [0, 0.05) is 12.2 Å². The van der Waals surface area contributed by atoms with Gasteiger partial charge in [0.2, 0.25) is 0 Å². The molecule has 2 heterocycles. The van der Waals surface area contributed by atoms with Crippen LogP contribution in [0.4, 0.5) is 5.69 Å². The Kier molecular flexibility index (Phi) is 6.33. The number of nitrogens with one attached hydrogen (secondary N) is 1. The zero-order chi connectivity index (χ0) is 23.3. The molecule has 1 saturated heterocycles. The van der Waals surface area contributed by atoms with Gasteiger partial charge in [0.25, 0.3) is 11.8 Å². The van der Waals surface area contributed by atoms with Crippen molar-refractivity contribution in [3.05, 3.63) is 83.9 Å². The summed E-state index contributed by atoms with van der Waals surface area (Å²) in [5, 5.41) is 2.86. The lowest BCUT2D eigenvalue weighted by Crippen LogP contribution is -2.34. The second-order valence-electron chi connectivity index (χ2n) is 8.25. The minimum Gasteiger partial charge on any atom is -0.486 e. The van der Waals surface area contributed by atoms with Crippen molar-refractivity contribution in [3.8, 4) is 17.2 Å². The van der Waals surface area contributed by atoms with Gasteiger partial charge in [0.05, 0.1) is 11.6 Å². The lowest BCUT2D eigenvalue weighted by Gasteiger charge is -2.27. The van der Waals surface area contributed by atoms with Gasteiger partial charge in [0.1, 0.15) is 19.0 Å². The van der Waals surface area contributed by atoms with Crippen LogP contribution in [-0.4, -0.2) is 43.1 Å². The van der Waals surface area contributed by atoms with Crippen molar-refractivity contribution in [3.63, 3.8) is 0 Å². The molecule has 0 bridgehead atoms. The van der Waals surface area contributed by atoms with E-state index in [-0.39, 0.29) is 24.5 Å². The molecule has 5 rings (SSSR count). The molecule has 2 aliphatic rings. The Morgan fingerprint density at radius 1 is 0.941 bits per heavy atom. The van der Waals surface area contributed by atoms with Crippen molar-refractivity contribution in [2.45, 2.75) is 18.9 Å². The van der Waals surface area contributed by atoms with Crippen LogP contribution in [0, 0.1) is 0 Å². The number of rotatable bonds is 6. The number of amides is 2. The largest absolute Gasteiger partial charge is 0.486 e. The van der Waals surface area contributed by atoms with Crippen LogP contribution in [0.2, 0.25) is 0 Å². The van der Waals surface area contributed by atoms with Crippen LogP contribution in [-0.2, 0) is 4.79 Å². The number of benzene rings is 3. The molecule has 2 amide bonds. The standard InChI is InChI=1S/C27H26N2O5/c30-26(29-14-6-10-22(29)19-12-13-24-25(17-19)33-16-15-32-24)18-34-23-11-5-4-9-21(23)27(31)28-20-7-2-1-3-8-20/h1-5,7-9,11-13,17,22H,6,10,14-16,18H2,(H,28,31). The summed E-state index contributed by atoms with van der Waals surface area (Å²) in [4.78, 5) is 27.7. The number of likely N-dealkylation sites (tertiary alicyclic amines) is 1. The summed E-state index contributed by atoms with van der Waals surface area (Å²) in [5.41, 5.74) is 2.10. The first kappa shape index (κ1) is 21.8. The lowest BCUT2D eigenvalue weighted by molar-refractivity contribution is -0.134. The van der Waals surface area contributed by atoms with E-state index in [2.05, 4.69) is 5.32 Å². The third-order valence-electron chi connectivity index (χ3n) is 6.04. The number of ether oxygens (including phenoxy) is 3. The summed E-state index contributed by atoms with van der Waals surface area (Å²) in [6, 6.07) is 22.0. The Morgan fingerprint density at radius 2 is 1.71 bits per heavy atom. The van der Waals surface area contributed by atoms with Crippen LogP contribution in [0.25, 0.3) is 0 Å². The van der Waals surface area contributed by atoms with E-state index in [1.165, 1.54) is 0 Å². The number of hydrogen-bond donors (Lipinski definition) is 1. The van der Waals surface area contributed by atoms with E-state index in [1.807, 2.05) is 53.4 Å². The second kappa shape index (κ2) is 9.87. The Labute approximate surface area is 198 Å². The average Bonchev–Trinajstić information content (AvgIpc) is 3.38. The molecular weight excluding hydrogens is 432 g/mol. The predicted octanol–water partition coefficient (Wildman–Crippen LogP) is 4.45. The minimum atomic E-state index is -0.287. The highest BCUT2D eigenvalue weighted by Gasteiger charge is 2.31. The number of carbonyl (C=O) groups excluding carboxylic acids is 2. The number of para-hydroxylation sites is 2. The normalized spacial score (nSPS) is 16.7. The predicted molar refractivity (Wildman–Crippen MR) is 127 cm³/mol. The Hall–Kier alpha value is -4.00. The molecule has 34 heavy (non-hydrogen) atoms. The van der Waals surface area contributed by atoms with Gasteiger partial charge in [-0.25, -0.2) is 0 Å². The molecule has 1 unspecified atom stereocenters. The fourth-order valence-corrected chi connectivity index (χ4v) is 4.40. The summed E-state index contributed by atoms with van der Waals surface area (Å²) in [6.45, 7) is 1.59. The maximum Gasteiger partial charge on any atom is 0.261 e. The van der Waals surface area contributed by atoms with E-state index in [9.17, 15) is 9.59 Å². The van der Waals surface area contributed by atoms with Crippen molar-refractivity contribution in [2.75, 3.05) is 31.7 Å². The number of fused-ring (bicyclic) bond motifs is 1. The monoisotopic (exact) mass is 458 g/mol. The zero-order valence-electron chi connectivity index (χ0n) is 18.7. The first-order valence-corrected chi connectivity index (χ1v) is 11.5. The fourth-order valence-electron chi connectivity index (χ4n) is 4.40. The van der Waals surface area contributed by atoms with E-state index in [0.717, 1.165) is 29.9 Å². The second-order valence-corrected chi connectivity index (χ2v) is 8.25. The van der Waals surface area contributed by atoms with Gasteiger partial charge in [-0.05, 0) is 54.8 Å². The molecule has 7 nitrogen and oxygen atoms in total. The maximum absolute atomic E-state index is 13.1. The molecule has 0 aromatic heterocycles. The van der Waals surface area contributed by atoms with Gasteiger partial charge in [-0.15, -0.1) is 0 Å². The Morgan fingerprint density at radius 3 is 2.56 bits per heavy atom. The minimum absolute atomic E-state index is 0.0384. The van der Waals surface area contributed by atoms with Crippen LogP contribution in [0.15, 0.2) is 72.8 Å². The highest BCUT2D eigenvalue weighted by molar-refractivity contribution is 6.06. The molecule has 0 aliphatic carbocycles. The lowest BCUT2D eigenvalue weighted by atomic mass is 10.0. The molecule has 1 N–H and O–H groups in total. The van der Waals surface area contributed by atoms with Gasteiger partial charge >= 0.3 is 0 Å². The van der Waals surface area contributed by atoms with Crippen molar-refractivity contribution >= 4 is 17.5 Å². The van der Waals surface area contributed by atoms with Crippen molar-refractivity contribution < 1.29 is 23.8 Å². The molecule has 0 spiro atoms. The van der Waals surface area contributed by atoms with E-state index in [0.29, 0.717) is 36.8 Å². The number of nitrogens with zero attached hydrogens (tertiary/aromatic N) is 1. The first-order chi connectivity index (χ1) is 16.7. The molecule has 7 heteroatoms. The molecule has 0 saturated carbocycles. The third-order valence-corrected chi connectivity index (χ3v) is 6.04. The zero-order valence-corrected chi connectivity index (χ0v) is 18.7. The smallest absolute Gasteiger partial charge is 0.261 e. The molecule has 2 aliphatic heterocycles. The van der Waals surface area contributed by atoms with Gasteiger partial charge in [-0.3, -0.25) is 9.59 Å². The summed E-state index contributed by atoms with van der Waals surface area (Å²) in [5.74, 6) is 1.43. The number of hydrogen-bond acceptors (Lipinski definition) is 5. The van der Waals surface area contributed by atoms with Crippen LogP contribution in [0.1, 0.15) is 34.8 Å². The quantitative estimate of drug-likeness (QED) is 0.591. The number of anilines is 1. The van der Waals surface area contributed by atoms with Crippen LogP contribution in [0.5, 0.6) is 17.2 Å². The van der Waals surface area contributed by atoms with E-state index in [1.54, 1.807) is 24.3 Å². The third kappa shape index (κ3) is 4.69. The molecule has 3 aromatic rings. The van der Waals surface area contributed by atoms with Crippen molar-refractivity contribution in [1.82, 2.24) is 4.90 Å². The summed E-state index contributed by atoms with van der Waals surface area (Å²) in [7, 11) is 0. The van der Waals surface area contributed by atoms with Crippen molar-refractivity contribution in [2.24, 2.45) is 0 Å². The SMILES string of the molecule is O=C(Nc1ccccc1)c1ccccc1OCC(=O)N1CCCC1c1ccc2c(c1)OCCO2. The van der Waals surface area contributed by atoms with Crippen LogP contribution >= 0.6 is 0 Å². The average molecular weight is 459 g/mol. The Bertz CT molecular complexity index is 1180. The Balaban J connectivity index is 1.26. The molecule has 1 atom stereocenters. The summed E-state index contributed by atoms with van der Waals surface area (Å²) < 4.78 is 17.2. The van der Waals surface area contributed by atoms with Gasteiger partial charge in [-0.2, -0.15) is 0 Å². The van der Waals surface area contributed by atoms with Gasteiger partial charge < -0.3 is 24.4 Å². The first-order valence-electron chi connectivity index (χ1n) is 11.5. The van der Waals surface area contributed by atoms with E-state index in [4.69, 9.17) is 14.2 Å². The molecule has 0 radical (unpaired) electrons. The molecule has 1 fully saturated rings. The van der Waals surface area contributed by atoms with Crippen LogP contribution in [0.3, 0.4) is 0 Å². The molecule has 174 valence electrons. The fraction of sp³-hybridized carbons (Fsp3) is 0.259. The van der Waals surface area contributed by atoms with Crippen LogP contribution < -0.4 is 19.5 Å². The van der Waals surface area contributed by atoms with Gasteiger partial charge in [-0.1, -0.05) is 36.4 Å². The maximum atomic E-state index is 13.1. The summed E-state index contributed by atoms with van der Waals surface area (Å²) in [6.07, 6.45) is 1.79. The molecular formula is C27H26N2O5. The molecule has 3 aromatic carbocycles. The van der Waals surface area contributed by atoms with Gasteiger partial charge in [0.15, 0.2) is 18.1 Å². The highest BCUT2D eigenvalue weighted by Crippen LogP contribution is 2.38. The number of carbonyl (C=O) groups is 2. The van der Waals surface area contributed by atoms with E-state index < -0.39 is 0 Å². The summed E-state index contributed by atoms with van der Waals surface area (Å²) >= 11 is 0. The van der Waals surface area contributed by atoms with Crippen molar-refractivity contribution in [1.29, 1.82) is 0 Å². The topological polar surface area (TPSA) is 77.1 Å². The van der Waals surface area contributed by atoms with E-state index >= 15 is 0 Å². The highest BCUT2D eigenvalue weighted by atomic mass is 16.6.